The quantitative estimate of drug-likeness (QED) is 0.0518. The van der Waals surface area contributed by atoms with Gasteiger partial charge in [-0.15, -0.1) is 5.92 Å². The second-order valence-corrected chi connectivity index (χ2v) is 11.3. The number of carbonyl (C=O) groups excluding carboxylic acids is 2. The molecule has 0 aromatic heterocycles. The molecule has 0 heterocycles. The number of aliphatic hydroxyl groups is 1. The van der Waals surface area contributed by atoms with E-state index < -0.39 is 35.4 Å². The minimum atomic E-state index is -2.33. The first kappa shape index (κ1) is 39.7. The lowest BCUT2D eigenvalue weighted by atomic mass is 9.82. The maximum atomic E-state index is 13.5. The number of nitrogens with one attached hydrogen (secondary N) is 1. The van der Waals surface area contributed by atoms with Crippen LogP contribution in [0.5, 0.6) is 5.75 Å². The summed E-state index contributed by atoms with van der Waals surface area (Å²) in [5.41, 5.74) is -1.60. The Hall–Kier alpha value is -3.35. The Morgan fingerprint density at radius 2 is 1.60 bits per heavy atom. The number of aliphatic carboxylic acids is 1. The van der Waals surface area contributed by atoms with Crippen LogP contribution in [0.2, 0.25) is 0 Å². The zero-order chi connectivity index (χ0) is 33.3. The molecule has 1 aromatic carbocycles. The molecule has 252 valence electrons. The van der Waals surface area contributed by atoms with Crippen molar-refractivity contribution in [2.75, 3.05) is 26.9 Å². The van der Waals surface area contributed by atoms with E-state index in [1.165, 1.54) is 38.9 Å². The van der Waals surface area contributed by atoms with Crippen LogP contribution in [-0.2, 0) is 30.3 Å². The van der Waals surface area contributed by atoms with E-state index in [0.29, 0.717) is 18.6 Å². The number of methoxy groups -OCH3 is 1. The van der Waals surface area contributed by atoms with Crippen molar-refractivity contribution in [2.24, 2.45) is 5.92 Å². The number of amides is 1. The van der Waals surface area contributed by atoms with Gasteiger partial charge >= 0.3 is 11.9 Å². The van der Waals surface area contributed by atoms with Crippen LogP contribution in [0.15, 0.2) is 36.4 Å². The first-order valence-corrected chi connectivity index (χ1v) is 16.4. The van der Waals surface area contributed by atoms with Crippen molar-refractivity contribution in [2.45, 2.75) is 116 Å². The van der Waals surface area contributed by atoms with Crippen molar-refractivity contribution in [1.82, 2.24) is 5.32 Å². The summed E-state index contributed by atoms with van der Waals surface area (Å²) >= 11 is 0. The summed E-state index contributed by atoms with van der Waals surface area (Å²) in [5, 5.41) is 23.8. The third kappa shape index (κ3) is 16.0. The predicted octanol–water partition coefficient (Wildman–Crippen LogP) is 6.01. The number of hydrogen-bond acceptors (Lipinski definition) is 7. The summed E-state index contributed by atoms with van der Waals surface area (Å²) in [6, 6.07) is 5.91. The maximum Gasteiger partial charge on any atom is 0.336 e. The number of esters is 1. The number of carboxylic acids is 1. The van der Waals surface area contributed by atoms with Crippen LogP contribution in [0.25, 0.3) is 0 Å². The topological polar surface area (TPSA) is 131 Å². The van der Waals surface area contributed by atoms with Gasteiger partial charge in [-0.25, -0.2) is 9.59 Å². The van der Waals surface area contributed by atoms with Crippen LogP contribution in [0.4, 0.5) is 0 Å². The van der Waals surface area contributed by atoms with Crippen molar-refractivity contribution in [3.8, 4) is 17.6 Å². The number of allylic oxidation sites excluding steroid dienone is 1. The molecular weight excluding hydrogens is 574 g/mol. The van der Waals surface area contributed by atoms with Crippen LogP contribution in [0, 0.1) is 17.8 Å². The fraction of sp³-hybridized carbons (Fsp3) is 0.639. The van der Waals surface area contributed by atoms with E-state index in [4.69, 9.17) is 14.2 Å². The number of hydrogen-bond donors (Lipinski definition) is 3. The SMILES string of the molecule is CC#CCOc1ccc(C[C@H](NC(=O)[C@@H](/C=C/CCCCCCOCCCCCCC)[C@@](O)(CCC)C(=O)O)C(=O)OC)cc1. The highest BCUT2D eigenvalue weighted by atomic mass is 16.5. The molecule has 0 saturated heterocycles. The monoisotopic (exact) mass is 629 g/mol. The molecule has 3 N–H and O–H groups in total. The Morgan fingerprint density at radius 3 is 2.18 bits per heavy atom. The van der Waals surface area contributed by atoms with Gasteiger partial charge in [-0.05, 0) is 56.7 Å². The van der Waals surface area contributed by atoms with Crippen LogP contribution in [0.3, 0.4) is 0 Å². The minimum absolute atomic E-state index is 0.103. The molecule has 1 rings (SSSR count). The van der Waals surface area contributed by atoms with Crippen LogP contribution >= 0.6 is 0 Å². The van der Waals surface area contributed by atoms with Gasteiger partial charge in [0.2, 0.25) is 5.91 Å². The normalized spacial score (nSPS) is 13.7. The first-order valence-electron chi connectivity index (χ1n) is 16.4. The summed E-state index contributed by atoms with van der Waals surface area (Å²) in [6.45, 7) is 7.49. The first-order chi connectivity index (χ1) is 21.7. The average Bonchev–Trinajstić information content (AvgIpc) is 3.03. The molecule has 0 bridgehead atoms. The zero-order valence-corrected chi connectivity index (χ0v) is 27.8. The Balaban J connectivity index is 2.79. The van der Waals surface area contributed by atoms with Crippen molar-refractivity contribution in [1.29, 1.82) is 0 Å². The van der Waals surface area contributed by atoms with E-state index in [-0.39, 0.29) is 19.4 Å². The molecule has 45 heavy (non-hydrogen) atoms. The average molecular weight is 630 g/mol. The van der Waals surface area contributed by atoms with Crippen molar-refractivity contribution >= 4 is 17.8 Å². The van der Waals surface area contributed by atoms with Gasteiger partial charge in [-0.2, -0.15) is 0 Å². The van der Waals surface area contributed by atoms with Crippen molar-refractivity contribution < 1.29 is 38.8 Å². The van der Waals surface area contributed by atoms with Crippen LogP contribution in [0.1, 0.15) is 103 Å². The van der Waals surface area contributed by atoms with Gasteiger partial charge in [0.1, 0.15) is 18.4 Å². The van der Waals surface area contributed by atoms with Gasteiger partial charge in [-0.1, -0.05) is 89.0 Å². The lowest BCUT2D eigenvalue weighted by Crippen LogP contribution is -2.54. The molecule has 9 nitrogen and oxygen atoms in total. The summed E-state index contributed by atoms with van der Waals surface area (Å²) < 4.78 is 16.2. The number of ether oxygens (including phenoxy) is 3. The number of carboxylic acid groups (broad SMARTS) is 1. The van der Waals surface area contributed by atoms with E-state index in [9.17, 15) is 24.6 Å². The van der Waals surface area contributed by atoms with Crippen LogP contribution < -0.4 is 10.1 Å². The van der Waals surface area contributed by atoms with Crippen molar-refractivity contribution in [3.05, 3.63) is 42.0 Å². The van der Waals surface area contributed by atoms with E-state index in [1.54, 1.807) is 44.2 Å². The van der Waals surface area contributed by atoms with Gasteiger partial charge in [0.25, 0.3) is 0 Å². The second-order valence-electron chi connectivity index (χ2n) is 11.3. The largest absolute Gasteiger partial charge is 0.481 e. The highest BCUT2D eigenvalue weighted by molar-refractivity contribution is 5.92. The zero-order valence-electron chi connectivity index (χ0n) is 27.8. The summed E-state index contributed by atoms with van der Waals surface area (Å²) in [7, 11) is 1.22. The fourth-order valence-electron chi connectivity index (χ4n) is 4.95. The lowest BCUT2D eigenvalue weighted by molar-refractivity contribution is -0.167. The molecule has 3 atom stereocenters. The molecule has 9 heteroatoms. The lowest BCUT2D eigenvalue weighted by Gasteiger charge is -2.30. The van der Waals surface area contributed by atoms with E-state index in [2.05, 4.69) is 24.1 Å². The Kier molecular flexibility index (Phi) is 21.1. The van der Waals surface area contributed by atoms with Gasteiger partial charge in [0.05, 0.1) is 13.0 Å². The standard InChI is InChI=1S/C36H55NO8/c1-5-8-10-14-17-25-44-26-18-15-12-11-13-16-19-31(36(42,24-7-3)35(40)41)33(38)37-32(34(39)43-4)28-29-20-22-30(23-21-29)45-27-9-6-2/h16,19-23,31-32,42H,5,7-8,10-15,17-18,24-28H2,1-4H3,(H,37,38)(H,40,41)/b19-16+/t31-,32+,36+/m1/s1. The molecule has 0 aliphatic rings. The van der Waals surface area contributed by atoms with Gasteiger partial charge < -0.3 is 29.7 Å². The molecule has 0 saturated carbocycles. The van der Waals surface area contributed by atoms with Crippen molar-refractivity contribution in [3.63, 3.8) is 0 Å². The fourth-order valence-corrected chi connectivity index (χ4v) is 4.95. The summed E-state index contributed by atoms with van der Waals surface area (Å²) in [4.78, 5) is 38.4. The Morgan fingerprint density at radius 1 is 0.956 bits per heavy atom. The van der Waals surface area contributed by atoms with Gasteiger partial charge in [0.15, 0.2) is 5.60 Å². The van der Waals surface area contributed by atoms with Gasteiger partial charge in [0, 0.05) is 19.6 Å². The molecule has 0 radical (unpaired) electrons. The molecule has 1 aromatic rings. The molecule has 1 amide bonds. The number of unbranched alkanes of at least 4 members (excludes halogenated alkanes) is 8. The Bertz CT molecular complexity index is 1070. The van der Waals surface area contributed by atoms with Crippen LogP contribution in [-0.4, -0.2) is 66.6 Å². The van der Waals surface area contributed by atoms with E-state index >= 15 is 0 Å². The predicted molar refractivity (Wildman–Crippen MR) is 176 cm³/mol. The molecule has 0 aliphatic heterocycles. The molecule has 0 aliphatic carbocycles. The van der Waals surface area contributed by atoms with E-state index in [0.717, 1.165) is 50.9 Å². The number of carbonyl (C=O) groups is 3. The highest BCUT2D eigenvalue weighted by Crippen LogP contribution is 2.27. The smallest absolute Gasteiger partial charge is 0.336 e. The van der Waals surface area contributed by atoms with Gasteiger partial charge in [-0.3, -0.25) is 4.79 Å². The van der Waals surface area contributed by atoms with E-state index in [1.807, 2.05) is 0 Å². The molecule has 0 spiro atoms. The molecule has 0 unspecified atom stereocenters. The summed E-state index contributed by atoms with van der Waals surface area (Å²) in [6.07, 6.45) is 14.1. The highest BCUT2D eigenvalue weighted by Gasteiger charge is 2.46. The Labute approximate surface area is 270 Å². The number of benzene rings is 1. The number of rotatable bonds is 25. The third-order valence-corrected chi connectivity index (χ3v) is 7.58. The second kappa shape index (κ2) is 24.0. The summed E-state index contributed by atoms with van der Waals surface area (Å²) in [5.74, 6) is 1.85. The molecule has 0 fully saturated rings. The molecular formula is C36H55NO8. The minimum Gasteiger partial charge on any atom is -0.481 e. The maximum absolute atomic E-state index is 13.5. The third-order valence-electron chi connectivity index (χ3n) is 7.58.